The molecule has 0 atom stereocenters. The molecule has 0 unspecified atom stereocenters. The third-order valence-corrected chi connectivity index (χ3v) is 5.77. The summed E-state index contributed by atoms with van der Waals surface area (Å²) in [6.45, 7) is 3.55. The number of aliphatic imine (C=N–C) groups is 3. The summed E-state index contributed by atoms with van der Waals surface area (Å²) >= 11 is 0. The zero-order valence-electron chi connectivity index (χ0n) is 24.5. The van der Waals surface area contributed by atoms with Crippen LogP contribution in [0.25, 0.3) is 0 Å². The first-order valence-corrected chi connectivity index (χ1v) is 14.4. The van der Waals surface area contributed by atoms with E-state index in [4.69, 9.17) is 14.2 Å². The van der Waals surface area contributed by atoms with Crippen LogP contribution in [0.1, 0.15) is 90.4 Å². The van der Waals surface area contributed by atoms with Gasteiger partial charge in [-0.2, -0.15) is 0 Å². The lowest BCUT2D eigenvalue weighted by Gasteiger charge is -2.30. The number of nitrogens with zero attached hydrogens (tertiary/aromatic N) is 3. The Bertz CT molecular complexity index is 802. The van der Waals surface area contributed by atoms with Crippen molar-refractivity contribution in [2.75, 3.05) is 39.3 Å². The van der Waals surface area contributed by atoms with Crippen molar-refractivity contribution < 1.29 is 43.0 Å². The van der Waals surface area contributed by atoms with Crippen molar-refractivity contribution in [3.8, 4) is 0 Å². The molecule has 42 heavy (non-hydrogen) atoms. The predicted molar refractivity (Wildman–Crippen MR) is 151 cm³/mol. The first kappa shape index (κ1) is 38.0. The molecule has 0 rings (SSSR count). The van der Waals surface area contributed by atoms with Gasteiger partial charge >= 0.3 is 24.3 Å². The number of carbonyl (C=O) groups excluding carboxylic acids is 6. The maximum Gasteiger partial charge on any atom is 0.426 e. The Morgan fingerprint density at radius 2 is 0.810 bits per heavy atom. The van der Waals surface area contributed by atoms with Crippen LogP contribution in [0.4, 0.5) is 14.4 Å². The maximum atomic E-state index is 12.5. The Morgan fingerprint density at radius 3 is 1.07 bits per heavy atom. The van der Waals surface area contributed by atoms with Crippen LogP contribution in [0.5, 0.6) is 0 Å². The number of nitrogens with one attached hydrogen (secondary N) is 3. The fraction of sp³-hybridized carbons (Fsp3) is 0.778. The molecule has 3 N–H and O–H groups in total. The van der Waals surface area contributed by atoms with Crippen LogP contribution in [0.15, 0.2) is 15.0 Å². The van der Waals surface area contributed by atoms with Gasteiger partial charge in [0.05, 0.1) is 26.1 Å². The van der Waals surface area contributed by atoms with E-state index in [0.29, 0.717) is 38.9 Å². The van der Waals surface area contributed by atoms with Gasteiger partial charge in [0, 0.05) is 19.6 Å². The third kappa shape index (κ3) is 22.7. The number of carbonyl (C=O) groups is 3. The van der Waals surface area contributed by atoms with Crippen molar-refractivity contribution in [3.05, 3.63) is 0 Å². The van der Waals surface area contributed by atoms with Gasteiger partial charge in [-0.25, -0.2) is 43.7 Å². The number of amides is 3. The van der Waals surface area contributed by atoms with Gasteiger partial charge in [-0.1, -0.05) is 45.4 Å². The van der Waals surface area contributed by atoms with Crippen LogP contribution in [-0.2, 0) is 28.6 Å². The zero-order chi connectivity index (χ0) is 31.2. The fourth-order valence-corrected chi connectivity index (χ4v) is 3.53. The van der Waals surface area contributed by atoms with Gasteiger partial charge in [-0.05, 0) is 38.5 Å². The Balaban J connectivity index is 4.84. The summed E-state index contributed by atoms with van der Waals surface area (Å²) in [6, 6.07) is 0. The molecule has 0 saturated heterocycles. The van der Waals surface area contributed by atoms with E-state index in [9.17, 15) is 28.8 Å². The molecule has 0 aliphatic heterocycles. The van der Waals surface area contributed by atoms with E-state index in [1.165, 1.54) is 25.2 Å². The van der Waals surface area contributed by atoms with E-state index in [2.05, 4.69) is 30.9 Å². The number of hydrogen-bond acceptors (Lipinski definition) is 12. The van der Waals surface area contributed by atoms with Gasteiger partial charge in [0.15, 0.2) is 0 Å². The average molecular weight is 597 g/mol. The van der Waals surface area contributed by atoms with E-state index in [-0.39, 0.29) is 26.1 Å². The van der Waals surface area contributed by atoms with Gasteiger partial charge in [0.2, 0.25) is 18.2 Å². The second-order valence-electron chi connectivity index (χ2n) is 9.15. The quantitative estimate of drug-likeness (QED) is 0.0604. The minimum atomic E-state index is -2.30. The minimum Gasteiger partial charge on any atom is -0.371 e. The van der Waals surface area contributed by atoms with Crippen molar-refractivity contribution in [1.29, 1.82) is 0 Å². The second-order valence-corrected chi connectivity index (χ2v) is 9.15. The number of hydrogen-bond donors (Lipinski definition) is 3. The van der Waals surface area contributed by atoms with E-state index in [1.54, 1.807) is 0 Å². The highest BCUT2D eigenvalue weighted by Crippen LogP contribution is 2.21. The summed E-state index contributed by atoms with van der Waals surface area (Å²) in [6.07, 6.45) is 10.3. The number of unbranched alkanes of at least 4 members (excludes halogenated alkanes) is 9. The van der Waals surface area contributed by atoms with Crippen molar-refractivity contribution in [1.82, 2.24) is 16.0 Å². The average Bonchev–Trinajstić information content (AvgIpc) is 2.97. The van der Waals surface area contributed by atoms with E-state index in [1.807, 2.05) is 0 Å². The maximum absolute atomic E-state index is 12.5. The highest BCUT2D eigenvalue weighted by atomic mass is 16.9. The van der Waals surface area contributed by atoms with Crippen LogP contribution in [-0.4, -0.2) is 81.8 Å². The normalized spacial score (nSPS) is 11.4. The first-order valence-electron chi connectivity index (χ1n) is 14.4. The zero-order valence-corrected chi connectivity index (χ0v) is 24.5. The Kier molecular flexibility index (Phi) is 24.5. The van der Waals surface area contributed by atoms with Crippen molar-refractivity contribution in [2.24, 2.45) is 15.0 Å². The van der Waals surface area contributed by atoms with Crippen LogP contribution in [0.2, 0.25) is 0 Å². The molecule has 236 valence electrons. The van der Waals surface area contributed by atoms with Crippen LogP contribution < -0.4 is 16.0 Å². The number of ether oxygens (including phenoxy) is 3. The molecule has 0 aliphatic carbocycles. The number of alkyl carbamates (subject to hydrolysis) is 3. The molecule has 0 aromatic rings. The van der Waals surface area contributed by atoms with Gasteiger partial charge < -0.3 is 30.2 Å². The predicted octanol–water partition coefficient (Wildman–Crippen LogP) is 3.92. The molecule has 0 bridgehead atoms. The third-order valence-electron chi connectivity index (χ3n) is 5.77. The highest BCUT2D eigenvalue weighted by molar-refractivity contribution is 5.71. The fourth-order valence-electron chi connectivity index (χ4n) is 3.53. The molecule has 0 aromatic carbocycles. The Hall–Kier alpha value is -4.05. The van der Waals surface area contributed by atoms with Gasteiger partial charge in [-0.15, -0.1) is 0 Å². The molecular weight excluding hydrogens is 552 g/mol. The molecule has 0 heterocycles. The molecule has 15 nitrogen and oxygen atoms in total. The smallest absolute Gasteiger partial charge is 0.371 e. The SMILES string of the molecule is CCC(OC(=O)NCCCCCCN=C=O)(OC(=O)NCCCCCCN=C=O)OC(=O)NCCCCCCN=C=O. The molecular formula is C27H44N6O9. The number of rotatable bonds is 25. The largest absolute Gasteiger partial charge is 0.426 e. The molecule has 15 heteroatoms. The summed E-state index contributed by atoms with van der Waals surface area (Å²) < 4.78 is 15.9. The summed E-state index contributed by atoms with van der Waals surface area (Å²) in [5.41, 5.74) is 0. The van der Waals surface area contributed by atoms with E-state index in [0.717, 1.165) is 57.8 Å². The summed E-state index contributed by atoms with van der Waals surface area (Å²) in [7, 11) is 0. The van der Waals surface area contributed by atoms with Gasteiger partial charge in [-0.3, -0.25) is 0 Å². The molecule has 0 radical (unpaired) electrons. The molecule has 0 aromatic heterocycles. The van der Waals surface area contributed by atoms with Gasteiger partial charge in [0.25, 0.3) is 0 Å². The van der Waals surface area contributed by atoms with Crippen LogP contribution in [0.3, 0.4) is 0 Å². The highest BCUT2D eigenvalue weighted by Gasteiger charge is 2.42. The topological polar surface area (TPSA) is 203 Å². The van der Waals surface area contributed by atoms with Crippen molar-refractivity contribution in [3.63, 3.8) is 0 Å². The van der Waals surface area contributed by atoms with Crippen LogP contribution in [0, 0.1) is 0 Å². The minimum absolute atomic E-state index is 0.174. The molecule has 0 spiro atoms. The van der Waals surface area contributed by atoms with Crippen LogP contribution >= 0.6 is 0 Å². The summed E-state index contributed by atoms with van der Waals surface area (Å²) in [5.74, 6) is -2.30. The van der Waals surface area contributed by atoms with Gasteiger partial charge in [0.1, 0.15) is 0 Å². The summed E-state index contributed by atoms with van der Waals surface area (Å²) in [4.78, 5) is 78.1. The second kappa shape index (κ2) is 27.1. The summed E-state index contributed by atoms with van der Waals surface area (Å²) in [5, 5.41) is 7.65. The molecule has 3 amide bonds. The van der Waals surface area contributed by atoms with Crippen molar-refractivity contribution in [2.45, 2.75) is 96.4 Å². The van der Waals surface area contributed by atoms with E-state index < -0.39 is 24.3 Å². The standard InChI is InChI=1S/C27H44N6O9/c1-2-27(40-24(37)31-18-12-6-3-9-15-28-21-34,41-25(38)32-19-13-7-4-10-16-29-22-35)42-26(39)33-20-14-8-5-11-17-30-23-36/h2-20H2,1H3,(H,31,37)(H,32,38)(H,33,39). The monoisotopic (exact) mass is 596 g/mol. The Labute approximate surface area is 246 Å². The lowest BCUT2D eigenvalue weighted by molar-refractivity contribution is -0.299. The molecule has 0 saturated carbocycles. The Morgan fingerprint density at radius 1 is 0.524 bits per heavy atom. The number of isocyanates is 3. The van der Waals surface area contributed by atoms with Crippen molar-refractivity contribution >= 4 is 36.5 Å². The molecule has 0 fully saturated rings. The lowest BCUT2D eigenvalue weighted by Crippen LogP contribution is -2.49. The first-order chi connectivity index (χ1) is 20.4. The molecule has 0 aliphatic rings. The lowest BCUT2D eigenvalue weighted by atomic mass is 10.2. The van der Waals surface area contributed by atoms with E-state index >= 15 is 0 Å².